The largest absolute Gasteiger partial charge is 0.465 e. The molecule has 7 heteroatoms. The van der Waals surface area contributed by atoms with E-state index >= 15 is 0 Å². The summed E-state index contributed by atoms with van der Waals surface area (Å²) in [5.41, 5.74) is 0.542. The number of hydrogen-bond acceptors (Lipinski definition) is 6. The Bertz CT molecular complexity index is 448. The summed E-state index contributed by atoms with van der Waals surface area (Å²) in [6.07, 6.45) is 0. The van der Waals surface area contributed by atoms with E-state index in [-0.39, 0.29) is 17.3 Å². The first kappa shape index (κ1) is 15.1. The van der Waals surface area contributed by atoms with Gasteiger partial charge in [0, 0.05) is 11.8 Å². The molecule has 0 atom stereocenters. The van der Waals surface area contributed by atoms with Crippen molar-refractivity contribution in [2.24, 2.45) is 0 Å². The fraction of sp³-hybridized carbons (Fsp3) is 0.545. The standard InChI is InChI=1S/C11H16N2O3S2/c1-3-16-10(15)7-18-11-12-8(6-17-4-2)5-9(14)13-11/h5H,3-4,6-7H2,1-2H3,(H,12,13,14). The van der Waals surface area contributed by atoms with Gasteiger partial charge in [0.25, 0.3) is 5.56 Å². The maximum absolute atomic E-state index is 11.4. The minimum Gasteiger partial charge on any atom is -0.465 e. The molecule has 1 aromatic heterocycles. The summed E-state index contributed by atoms with van der Waals surface area (Å²) < 4.78 is 4.81. The van der Waals surface area contributed by atoms with Gasteiger partial charge in [0.1, 0.15) is 0 Å². The van der Waals surface area contributed by atoms with Crippen LogP contribution in [0, 0.1) is 0 Å². The first-order valence-corrected chi connectivity index (χ1v) is 7.76. The van der Waals surface area contributed by atoms with Crippen molar-refractivity contribution in [3.8, 4) is 0 Å². The van der Waals surface area contributed by atoms with Gasteiger partial charge < -0.3 is 9.72 Å². The number of aromatic nitrogens is 2. The molecule has 0 aliphatic carbocycles. The van der Waals surface area contributed by atoms with Crippen LogP contribution in [0.2, 0.25) is 0 Å². The second-order valence-electron chi connectivity index (χ2n) is 3.27. The summed E-state index contributed by atoms with van der Waals surface area (Å²) in [6.45, 7) is 4.16. The van der Waals surface area contributed by atoms with Crippen molar-refractivity contribution in [1.82, 2.24) is 9.97 Å². The van der Waals surface area contributed by atoms with E-state index < -0.39 is 0 Å². The van der Waals surface area contributed by atoms with Gasteiger partial charge in [-0.05, 0) is 12.7 Å². The third-order valence-electron chi connectivity index (χ3n) is 1.86. The fourth-order valence-electron chi connectivity index (χ4n) is 1.16. The van der Waals surface area contributed by atoms with Crippen LogP contribution in [-0.4, -0.2) is 34.0 Å². The summed E-state index contributed by atoms with van der Waals surface area (Å²) in [4.78, 5) is 29.5. The third-order valence-corrected chi connectivity index (χ3v) is 3.61. The van der Waals surface area contributed by atoms with E-state index in [9.17, 15) is 9.59 Å². The van der Waals surface area contributed by atoms with Crippen LogP contribution in [0.15, 0.2) is 16.0 Å². The molecular formula is C11H16N2O3S2. The minimum atomic E-state index is -0.307. The van der Waals surface area contributed by atoms with Gasteiger partial charge >= 0.3 is 5.97 Å². The molecule has 0 radical (unpaired) electrons. The van der Waals surface area contributed by atoms with Crippen molar-refractivity contribution in [3.05, 3.63) is 22.1 Å². The maximum Gasteiger partial charge on any atom is 0.316 e. The predicted octanol–water partition coefficient (Wildman–Crippen LogP) is 1.68. The van der Waals surface area contributed by atoms with Crippen LogP contribution >= 0.6 is 23.5 Å². The summed E-state index contributed by atoms with van der Waals surface area (Å²) in [5.74, 6) is 1.52. The Morgan fingerprint density at radius 1 is 1.50 bits per heavy atom. The second kappa shape index (κ2) is 8.20. The van der Waals surface area contributed by atoms with Crippen LogP contribution < -0.4 is 5.56 Å². The Labute approximate surface area is 114 Å². The number of esters is 1. The van der Waals surface area contributed by atoms with Crippen LogP contribution in [0.25, 0.3) is 0 Å². The Kier molecular flexibility index (Phi) is 6.89. The van der Waals surface area contributed by atoms with Crippen LogP contribution in [0.5, 0.6) is 0 Å². The normalized spacial score (nSPS) is 10.3. The molecule has 1 N–H and O–H groups in total. The monoisotopic (exact) mass is 288 g/mol. The molecule has 18 heavy (non-hydrogen) atoms. The van der Waals surface area contributed by atoms with Gasteiger partial charge in [-0.15, -0.1) is 0 Å². The lowest BCUT2D eigenvalue weighted by Crippen LogP contribution is -2.12. The highest BCUT2D eigenvalue weighted by molar-refractivity contribution is 7.99. The number of ether oxygens (including phenoxy) is 1. The maximum atomic E-state index is 11.4. The van der Waals surface area contributed by atoms with Gasteiger partial charge in [-0.25, -0.2) is 4.98 Å². The molecule has 0 aliphatic heterocycles. The molecule has 5 nitrogen and oxygen atoms in total. The van der Waals surface area contributed by atoms with Gasteiger partial charge in [0.2, 0.25) is 0 Å². The molecule has 1 aromatic rings. The average Bonchev–Trinajstić information content (AvgIpc) is 2.34. The van der Waals surface area contributed by atoms with E-state index in [1.54, 1.807) is 18.7 Å². The van der Waals surface area contributed by atoms with Crippen molar-refractivity contribution in [2.75, 3.05) is 18.1 Å². The number of aromatic amines is 1. The Morgan fingerprint density at radius 3 is 2.94 bits per heavy atom. The molecule has 0 aromatic carbocycles. The predicted molar refractivity (Wildman–Crippen MR) is 74.1 cm³/mol. The SMILES string of the molecule is CCOC(=O)CSc1nc(CSCC)cc(=O)[nH]1. The first-order chi connectivity index (χ1) is 8.65. The highest BCUT2D eigenvalue weighted by Gasteiger charge is 2.06. The summed E-state index contributed by atoms with van der Waals surface area (Å²) in [7, 11) is 0. The molecule has 0 amide bonds. The summed E-state index contributed by atoms with van der Waals surface area (Å²) >= 11 is 2.87. The van der Waals surface area contributed by atoms with Gasteiger partial charge in [-0.3, -0.25) is 9.59 Å². The zero-order valence-corrected chi connectivity index (χ0v) is 12.0. The lowest BCUT2D eigenvalue weighted by atomic mass is 10.5. The highest BCUT2D eigenvalue weighted by atomic mass is 32.2. The van der Waals surface area contributed by atoms with E-state index in [1.165, 1.54) is 17.8 Å². The first-order valence-electron chi connectivity index (χ1n) is 5.62. The number of rotatable bonds is 7. The second-order valence-corrected chi connectivity index (χ2v) is 5.51. The number of carbonyl (C=O) groups is 1. The molecule has 0 unspecified atom stereocenters. The number of carbonyl (C=O) groups excluding carboxylic acids is 1. The van der Waals surface area contributed by atoms with Crippen LogP contribution in [0.1, 0.15) is 19.5 Å². The molecule has 0 saturated heterocycles. The third kappa shape index (κ3) is 5.59. The van der Waals surface area contributed by atoms with Crippen molar-refractivity contribution in [2.45, 2.75) is 24.8 Å². The lowest BCUT2D eigenvalue weighted by Gasteiger charge is -2.03. The van der Waals surface area contributed by atoms with Gasteiger partial charge in [0.15, 0.2) is 5.16 Å². The Hall–Kier alpha value is -0.950. The molecule has 0 saturated carbocycles. The fourth-order valence-corrected chi connectivity index (χ4v) is 2.42. The van der Waals surface area contributed by atoms with Gasteiger partial charge in [0.05, 0.1) is 18.1 Å². The number of hydrogen-bond donors (Lipinski definition) is 1. The van der Waals surface area contributed by atoms with Crippen molar-refractivity contribution in [1.29, 1.82) is 0 Å². The smallest absolute Gasteiger partial charge is 0.316 e. The van der Waals surface area contributed by atoms with Gasteiger partial charge in [-0.1, -0.05) is 18.7 Å². The molecular weight excluding hydrogens is 272 g/mol. The quantitative estimate of drug-likeness (QED) is 0.467. The van der Waals surface area contributed by atoms with Crippen molar-refractivity contribution >= 4 is 29.5 Å². The Balaban J connectivity index is 2.62. The minimum absolute atomic E-state index is 0.154. The topological polar surface area (TPSA) is 72.0 Å². The highest BCUT2D eigenvalue weighted by Crippen LogP contribution is 2.14. The van der Waals surface area contributed by atoms with Crippen molar-refractivity contribution in [3.63, 3.8) is 0 Å². The molecule has 1 rings (SSSR count). The van der Waals surface area contributed by atoms with E-state index in [0.717, 1.165) is 11.4 Å². The van der Waals surface area contributed by atoms with Crippen LogP contribution in [-0.2, 0) is 15.3 Å². The zero-order valence-electron chi connectivity index (χ0n) is 10.4. The van der Waals surface area contributed by atoms with E-state index in [4.69, 9.17) is 4.74 Å². The van der Waals surface area contributed by atoms with E-state index in [0.29, 0.717) is 17.5 Å². The van der Waals surface area contributed by atoms with Crippen molar-refractivity contribution < 1.29 is 9.53 Å². The van der Waals surface area contributed by atoms with E-state index in [2.05, 4.69) is 9.97 Å². The average molecular weight is 288 g/mol. The molecule has 1 heterocycles. The van der Waals surface area contributed by atoms with Gasteiger partial charge in [-0.2, -0.15) is 11.8 Å². The molecule has 0 aliphatic rings. The molecule has 0 spiro atoms. The number of H-pyrrole nitrogens is 1. The molecule has 0 bridgehead atoms. The molecule has 100 valence electrons. The number of nitrogens with zero attached hydrogens (tertiary/aromatic N) is 1. The molecule has 0 fully saturated rings. The Morgan fingerprint density at radius 2 is 2.28 bits per heavy atom. The lowest BCUT2D eigenvalue weighted by molar-refractivity contribution is -0.139. The number of thioether (sulfide) groups is 2. The zero-order chi connectivity index (χ0) is 13.4. The van der Waals surface area contributed by atoms with Crippen LogP contribution in [0.4, 0.5) is 0 Å². The van der Waals surface area contributed by atoms with Crippen LogP contribution in [0.3, 0.4) is 0 Å². The van der Waals surface area contributed by atoms with E-state index in [1.807, 2.05) is 6.92 Å². The number of nitrogens with one attached hydrogen (secondary N) is 1. The summed E-state index contributed by atoms with van der Waals surface area (Å²) in [6, 6.07) is 1.48. The summed E-state index contributed by atoms with van der Waals surface area (Å²) in [5, 5.41) is 0.460.